The van der Waals surface area contributed by atoms with Crippen LogP contribution < -0.4 is 14.8 Å². The Morgan fingerprint density at radius 3 is 2.39 bits per heavy atom. The van der Waals surface area contributed by atoms with Crippen LogP contribution in [-0.2, 0) is 0 Å². The highest BCUT2D eigenvalue weighted by atomic mass is 32.1. The lowest BCUT2D eigenvalue weighted by atomic mass is 10.0. The number of thiazole rings is 1. The topological polar surface area (TPSA) is 74.3 Å². The van der Waals surface area contributed by atoms with Gasteiger partial charge in [-0.25, -0.2) is 4.68 Å². The van der Waals surface area contributed by atoms with Crippen LogP contribution in [0.3, 0.4) is 0 Å². The Bertz CT molecular complexity index is 1890. The van der Waals surface area contributed by atoms with Gasteiger partial charge in [0.2, 0.25) is 4.96 Å². The van der Waals surface area contributed by atoms with Crippen molar-refractivity contribution in [2.45, 2.75) is 6.92 Å². The molecule has 0 fully saturated rings. The van der Waals surface area contributed by atoms with E-state index >= 15 is 0 Å². The Balaban J connectivity index is 1.44. The van der Waals surface area contributed by atoms with Crippen LogP contribution in [0.5, 0.6) is 5.75 Å². The molecule has 8 heteroatoms. The zero-order chi connectivity index (χ0) is 26.1. The van der Waals surface area contributed by atoms with Crippen LogP contribution >= 0.6 is 11.3 Å². The van der Waals surface area contributed by atoms with E-state index < -0.39 is 0 Å². The lowest BCUT2D eigenvalue weighted by Gasteiger charge is -2.07. The highest BCUT2D eigenvalue weighted by Gasteiger charge is 2.15. The Hall–Kier alpha value is -4.82. The standard InChI is InChI=1S/C30H23N5O2S/c1-20-17-24(37-2)14-15-25(20)28-22(19-34(33-28)23-11-7-4-8-12-23)18-26-29(36)35-30(38-26)31-27(32-35)16-13-21-9-5-3-6-10-21/h3-19H,1-2H3. The van der Waals surface area contributed by atoms with Crippen molar-refractivity contribution < 1.29 is 4.74 Å². The SMILES string of the molecule is COc1ccc(-c2nn(-c3ccccc3)cc2C=c2sc3nc(C=Cc4ccccc4)nn3c2=O)c(C)c1. The molecule has 0 radical (unpaired) electrons. The second-order valence-corrected chi connectivity index (χ2v) is 9.73. The maximum atomic E-state index is 13.3. The first-order chi connectivity index (χ1) is 18.6. The zero-order valence-electron chi connectivity index (χ0n) is 20.8. The summed E-state index contributed by atoms with van der Waals surface area (Å²) in [6, 6.07) is 25.7. The third-order valence-electron chi connectivity index (χ3n) is 6.16. The number of aryl methyl sites for hydroxylation is 1. The average molecular weight is 518 g/mol. The van der Waals surface area contributed by atoms with Crippen LogP contribution in [0.2, 0.25) is 0 Å². The molecule has 0 aliphatic heterocycles. The Morgan fingerprint density at radius 1 is 0.921 bits per heavy atom. The molecule has 186 valence electrons. The molecular weight excluding hydrogens is 494 g/mol. The van der Waals surface area contributed by atoms with E-state index in [2.05, 4.69) is 10.1 Å². The maximum absolute atomic E-state index is 13.3. The average Bonchev–Trinajstić information content (AvgIpc) is 3.63. The van der Waals surface area contributed by atoms with E-state index in [0.717, 1.165) is 39.4 Å². The molecule has 0 N–H and O–H groups in total. The fourth-order valence-electron chi connectivity index (χ4n) is 4.24. The molecule has 3 heterocycles. The molecule has 0 unspecified atom stereocenters. The summed E-state index contributed by atoms with van der Waals surface area (Å²) in [5.41, 5.74) is 5.36. The lowest BCUT2D eigenvalue weighted by Crippen LogP contribution is -2.23. The van der Waals surface area contributed by atoms with Crippen molar-refractivity contribution in [2.24, 2.45) is 0 Å². The van der Waals surface area contributed by atoms with Gasteiger partial charge < -0.3 is 4.74 Å². The maximum Gasteiger partial charge on any atom is 0.291 e. The quantitative estimate of drug-likeness (QED) is 0.310. The summed E-state index contributed by atoms with van der Waals surface area (Å²) < 4.78 is 9.12. The number of benzene rings is 3. The number of nitrogens with zero attached hydrogens (tertiary/aromatic N) is 5. The third-order valence-corrected chi connectivity index (χ3v) is 7.12. The minimum atomic E-state index is -0.207. The summed E-state index contributed by atoms with van der Waals surface area (Å²) in [4.78, 5) is 18.4. The Kier molecular flexibility index (Phi) is 6.15. The molecule has 6 rings (SSSR count). The fourth-order valence-corrected chi connectivity index (χ4v) is 5.15. The summed E-state index contributed by atoms with van der Waals surface area (Å²) in [7, 11) is 1.65. The van der Waals surface area contributed by atoms with Crippen molar-refractivity contribution in [3.05, 3.63) is 122 Å². The van der Waals surface area contributed by atoms with Crippen molar-refractivity contribution in [3.8, 4) is 22.7 Å². The van der Waals surface area contributed by atoms with E-state index in [-0.39, 0.29) is 5.56 Å². The first-order valence-corrected chi connectivity index (χ1v) is 12.9. The number of para-hydroxylation sites is 1. The number of rotatable bonds is 6. The van der Waals surface area contributed by atoms with E-state index in [1.165, 1.54) is 15.9 Å². The van der Waals surface area contributed by atoms with Crippen molar-refractivity contribution in [1.82, 2.24) is 24.4 Å². The van der Waals surface area contributed by atoms with Crippen LogP contribution in [0.1, 0.15) is 22.5 Å². The van der Waals surface area contributed by atoms with Gasteiger partial charge in [-0.15, -0.1) is 5.10 Å². The summed E-state index contributed by atoms with van der Waals surface area (Å²) in [6.07, 6.45) is 7.55. The molecular formula is C30H23N5O2S. The molecule has 0 saturated heterocycles. The van der Waals surface area contributed by atoms with Gasteiger partial charge in [0, 0.05) is 17.3 Å². The third kappa shape index (κ3) is 4.53. The summed E-state index contributed by atoms with van der Waals surface area (Å²) >= 11 is 1.31. The Labute approximate surface area is 222 Å². The molecule has 0 saturated carbocycles. The number of ether oxygens (including phenoxy) is 1. The monoisotopic (exact) mass is 517 g/mol. The molecule has 0 spiro atoms. The van der Waals surface area contributed by atoms with E-state index in [4.69, 9.17) is 9.84 Å². The highest BCUT2D eigenvalue weighted by Crippen LogP contribution is 2.29. The predicted molar refractivity (Wildman–Crippen MR) is 152 cm³/mol. The van der Waals surface area contributed by atoms with Gasteiger partial charge in [-0.2, -0.15) is 14.6 Å². The van der Waals surface area contributed by atoms with Crippen LogP contribution in [0.15, 0.2) is 89.9 Å². The summed E-state index contributed by atoms with van der Waals surface area (Å²) in [6.45, 7) is 2.02. The first-order valence-electron chi connectivity index (χ1n) is 12.0. The lowest BCUT2D eigenvalue weighted by molar-refractivity contribution is 0.414. The first kappa shape index (κ1) is 23.6. The number of hydrogen-bond acceptors (Lipinski definition) is 6. The molecule has 0 amide bonds. The molecule has 38 heavy (non-hydrogen) atoms. The summed E-state index contributed by atoms with van der Waals surface area (Å²) in [5.74, 6) is 1.28. The van der Waals surface area contributed by atoms with Crippen LogP contribution in [0.4, 0.5) is 0 Å². The van der Waals surface area contributed by atoms with Gasteiger partial charge in [-0.1, -0.05) is 65.9 Å². The number of aromatic nitrogens is 5. The second kappa shape index (κ2) is 9.91. The minimum absolute atomic E-state index is 0.207. The van der Waals surface area contributed by atoms with Crippen LogP contribution in [0.25, 0.3) is 40.1 Å². The summed E-state index contributed by atoms with van der Waals surface area (Å²) in [5, 5.41) is 9.32. The van der Waals surface area contributed by atoms with Crippen LogP contribution in [0, 0.1) is 6.92 Å². The van der Waals surface area contributed by atoms with Gasteiger partial charge >= 0.3 is 0 Å². The largest absolute Gasteiger partial charge is 0.497 e. The zero-order valence-corrected chi connectivity index (χ0v) is 21.6. The molecule has 0 bridgehead atoms. The molecule has 3 aromatic carbocycles. The highest BCUT2D eigenvalue weighted by molar-refractivity contribution is 7.15. The molecule has 7 nitrogen and oxygen atoms in total. The van der Waals surface area contributed by atoms with E-state index in [1.54, 1.807) is 7.11 Å². The minimum Gasteiger partial charge on any atom is -0.497 e. The van der Waals surface area contributed by atoms with E-state index in [0.29, 0.717) is 15.3 Å². The van der Waals surface area contributed by atoms with E-state index in [9.17, 15) is 4.79 Å². The van der Waals surface area contributed by atoms with Crippen molar-refractivity contribution in [3.63, 3.8) is 0 Å². The van der Waals surface area contributed by atoms with Gasteiger partial charge in [0.15, 0.2) is 5.82 Å². The molecule has 0 aliphatic carbocycles. The Morgan fingerprint density at radius 2 is 1.68 bits per heavy atom. The second-order valence-electron chi connectivity index (χ2n) is 8.72. The van der Waals surface area contributed by atoms with Crippen molar-refractivity contribution in [2.75, 3.05) is 7.11 Å². The molecule has 6 aromatic rings. The van der Waals surface area contributed by atoms with E-state index in [1.807, 2.05) is 115 Å². The van der Waals surface area contributed by atoms with Gasteiger partial charge in [0.05, 0.1) is 17.3 Å². The van der Waals surface area contributed by atoms with Gasteiger partial charge in [-0.05, 0) is 60.5 Å². The van der Waals surface area contributed by atoms with Crippen molar-refractivity contribution >= 4 is 34.5 Å². The van der Waals surface area contributed by atoms with Crippen molar-refractivity contribution in [1.29, 1.82) is 0 Å². The fraction of sp³-hybridized carbons (Fsp3) is 0.0667. The van der Waals surface area contributed by atoms with Gasteiger partial charge in [0.1, 0.15) is 11.4 Å². The normalized spacial score (nSPS) is 12.1. The molecule has 0 aliphatic rings. The molecule has 3 aromatic heterocycles. The number of fused-ring (bicyclic) bond motifs is 1. The van der Waals surface area contributed by atoms with Crippen LogP contribution in [-0.4, -0.2) is 31.5 Å². The van der Waals surface area contributed by atoms with Gasteiger partial charge in [-0.3, -0.25) is 4.79 Å². The number of hydrogen-bond donors (Lipinski definition) is 0. The molecule has 0 atom stereocenters. The smallest absolute Gasteiger partial charge is 0.291 e. The van der Waals surface area contributed by atoms with Gasteiger partial charge in [0.25, 0.3) is 5.56 Å². The number of methoxy groups -OCH3 is 1. The predicted octanol–water partition coefficient (Wildman–Crippen LogP) is 5.04.